The summed E-state index contributed by atoms with van der Waals surface area (Å²) in [6.07, 6.45) is 2.60. The molecule has 5 rings (SSSR count). The summed E-state index contributed by atoms with van der Waals surface area (Å²) in [6, 6.07) is 26.5. The summed E-state index contributed by atoms with van der Waals surface area (Å²) >= 11 is 1.26. The van der Waals surface area contributed by atoms with Crippen LogP contribution in [0.25, 0.3) is 10.6 Å². The molecule has 0 bridgehead atoms. The van der Waals surface area contributed by atoms with E-state index in [9.17, 15) is 13.5 Å². The molecular weight excluding hydrogens is 558 g/mol. The van der Waals surface area contributed by atoms with Crippen molar-refractivity contribution in [3.63, 3.8) is 0 Å². The fourth-order valence-corrected chi connectivity index (χ4v) is 7.57. The lowest BCUT2D eigenvalue weighted by Gasteiger charge is -2.31. The zero-order valence-electron chi connectivity index (χ0n) is 22.8. The molecule has 216 valence electrons. The fourth-order valence-electron chi connectivity index (χ4n) is 4.66. The maximum Gasteiger partial charge on any atom is 0.252 e. The summed E-state index contributed by atoms with van der Waals surface area (Å²) in [4.78, 5) is 5.16. The van der Waals surface area contributed by atoms with E-state index in [4.69, 9.17) is 9.47 Å². The third-order valence-corrected chi connectivity index (χ3v) is 10.5. The molecule has 1 aliphatic heterocycles. The van der Waals surface area contributed by atoms with Gasteiger partial charge in [0, 0.05) is 25.8 Å². The minimum Gasteiger partial charge on any atom is -0.491 e. The van der Waals surface area contributed by atoms with E-state index >= 15 is 0 Å². The van der Waals surface area contributed by atoms with Gasteiger partial charge < -0.3 is 19.9 Å². The largest absolute Gasteiger partial charge is 0.491 e. The molecule has 0 amide bonds. The molecule has 4 aromatic rings. The minimum absolute atomic E-state index is 0.176. The highest BCUT2D eigenvalue weighted by Gasteiger charge is 2.30. The SMILES string of the molecule is O=S(=O)(c1ccc(-c2ccccn2)s1)N1CCC(CNC[C@H](O)COc2ccc(OCc3ccccc3)cc2)CC1. The van der Waals surface area contributed by atoms with Crippen LogP contribution in [0.4, 0.5) is 0 Å². The molecule has 3 heterocycles. The van der Waals surface area contributed by atoms with E-state index in [0.717, 1.165) is 41.3 Å². The zero-order chi connectivity index (χ0) is 28.5. The Bertz CT molecular complexity index is 1460. The Morgan fingerprint density at radius 3 is 2.34 bits per heavy atom. The van der Waals surface area contributed by atoms with Gasteiger partial charge in [-0.25, -0.2) is 8.42 Å². The number of thiophene rings is 1. The third-order valence-electron chi connectivity index (χ3n) is 6.99. The van der Waals surface area contributed by atoms with Crippen LogP contribution in [0, 0.1) is 5.92 Å². The van der Waals surface area contributed by atoms with Crippen molar-refractivity contribution in [3.05, 3.63) is 96.7 Å². The van der Waals surface area contributed by atoms with E-state index < -0.39 is 16.1 Å². The molecule has 0 saturated carbocycles. The number of nitrogens with one attached hydrogen (secondary N) is 1. The van der Waals surface area contributed by atoms with Crippen LogP contribution in [0.15, 0.2) is 95.3 Å². The number of hydrogen-bond donors (Lipinski definition) is 2. The standard InChI is InChI=1S/C31H35N3O5S2/c35-26(23-39-28-11-9-27(10-12-28)38-22-25-6-2-1-3-7-25)21-32-20-24-15-18-34(19-16-24)41(36,37)31-14-13-30(40-31)29-8-4-5-17-33-29/h1-14,17,24,26,32,35H,15-16,18-23H2/t26-/m0/s1. The monoisotopic (exact) mass is 593 g/mol. The number of aliphatic hydroxyl groups excluding tert-OH is 1. The number of ether oxygens (including phenoxy) is 2. The lowest BCUT2D eigenvalue weighted by Crippen LogP contribution is -2.41. The second-order valence-corrected chi connectivity index (χ2v) is 13.3. The molecule has 10 heteroatoms. The second-order valence-electron chi connectivity index (χ2n) is 10.0. The highest BCUT2D eigenvalue weighted by atomic mass is 32.2. The number of benzene rings is 2. The maximum absolute atomic E-state index is 13.2. The Labute approximate surface area is 245 Å². The molecule has 2 aromatic heterocycles. The van der Waals surface area contributed by atoms with Crippen LogP contribution in [0.5, 0.6) is 11.5 Å². The van der Waals surface area contributed by atoms with Gasteiger partial charge in [0.15, 0.2) is 0 Å². The third kappa shape index (κ3) is 8.15. The Hall–Kier alpha value is -3.28. The molecule has 2 N–H and O–H groups in total. The van der Waals surface area contributed by atoms with Crippen molar-refractivity contribution in [1.82, 2.24) is 14.6 Å². The van der Waals surface area contributed by atoms with Gasteiger partial charge in [-0.1, -0.05) is 36.4 Å². The topological polar surface area (TPSA) is 101 Å². The fraction of sp³-hybridized carbons (Fsp3) is 0.323. The summed E-state index contributed by atoms with van der Waals surface area (Å²) < 4.78 is 39.8. The molecule has 0 unspecified atom stereocenters. The van der Waals surface area contributed by atoms with E-state index in [1.54, 1.807) is 16.6 Å². The Morgan fingerprint density at radius 1 is 0.927 bits per heavy atom. The van der Waals surface area contributed by atoms with E-state index in [2.05, 4.69) is 10.3 Å². The van der Waals surface area contributed by atoms with Crippen molar-refractivity contribution < 1.29 is 23.0 Å². The van der Waals surface area contributed by atoms with Gasteiger partial charge in [0.1, 0.15) is 35.0 Å². The number of aromatic nitrogens is 1. The summed E-state index contributed by atoms with van der Waals surface area (Å²) in [6.45, 7) is 2.78. The van der Waals surface area contributed by atoms with E-state index in [0.29, 0.717) is 42.1 Å². The number of rotatable bonds is 13. The van der Waals surface area contributed by atoms with Crippen LogP contribution in [0.2, 0.25) is 0 Å². The molecule has 0 aliphatic carbocycles. The molecular formula is C31H35N3O5S2. The van der Waals surface area contributed by atoms with Gasteiger partial charge in [-0.2, -0.15) is 4.31 Å². The second kappa shape index (κ2) is 14.1. The van der Waals surface area contributed by atoms with Crippen molar-refractivity contribution in [2.24, 2.45) is 5.92 Å². The Kier molecular flexibility index (Phi) is 10.0. The average molecular weight is 594 g/mol. The lowest BCUT2D eigenvalue weighted by atomic mass is 9.98. The number of aliphatic hydroxyl groups is 1. The van der Waals surface area contributed by atoms with Crippen LogP contribution in [-0.2, 0) is 16.6 Å². The molecule has 0 spiro atoms. The van der Waals surface area contributed by atoms with Crippen LogP contribution in [0.1, 0.15) is 18.4 Å². The van der Waals surface area contributed by atoms with Crippen LogP contribution < -0.4 is 14.8 Å². The first-order chi connectivity index (χ1) is 20.0. The van der Waals surface area contributed by atoms with Crippen molar-refractivity contribution in [2.75, 3.05) is 32.8 Å². The molecule has 1 fully saturated rings. The lowest BCUT2D eigenvalue weighted by molar-refractivity contribution is 0.104. The zero-order valence-corrected chi connectivity index (χ0v) is 24.4. The molecule has 41 heavy (non-hydrogen) atoms. The van der Waals surface area contributed by atoms with E-state index in [1.165, 1.54) is 11.3 Å². The molecule has 8 nitrogen and oxygen atoms in total. The molecule has 1 saturated heterocycles. The first kappa shape index (κ1) is 29.2. The van der Waals surface area contributed by atoms with Gasteiger partial charge in [0.2, 0.25) is 0 Å². The smallest absolute Gasteiger partial charge is 0.252 e. The highest BCUT2D eigenvalue weighted by Crippen LogP contribution is 2.32. The number of pyridine rings is 1. The molecule has 2 aromatic carbocycles. The number of nitrogens with zero attached hydrogens (tertiary/aromatic N) is 2. The maximum atomic E-state index is 13.2. The van der Waals surface area contributed by atoms with Gasteiger partial charge >= 0.3 is 0 Å². The summed E-state index contributed by atoms with van der Waals surface area (Å²) in [5.41, 5.74) is 1.88. The van der Waals surface area contributed by atoms with Gasteiger partial charge in [-0.15, -0.1) is 11.3 Å². The number of piperidine rings is 1. The minimum atomic E-state index is -3.52. The van der Waals surface area contributed by atoms with Crippen molar-refractivity contribution in [3.8, 4) is 22.1 Å². The van der Waals surface area contributed by atoms with Crippen molar-refractivity contribution in [2.45, 2.75) is 29.8 Å². The van der Waals surface area contributed by atoms with E-state index in [-0.39, 0.29) is 6.61 Å². The first-order valence-electron chi connectivity index (χ1n) is 13.8. The molecule has 0 radical (unpaired) electrons. The van der Waals surface area contributed by atoms with Crippen molar-refractivity contribution in [1.29, 1.82) is 0 Å². The quantitative estimate of drug-likeness (QED) is 0.229. The number of sulfonamides is 1. The normalized spacial score (nSPS) is 15.4. The van der Waals surface area contributed by atoms with Crippen molar-refractivity contribution >= 4 is 21.4 Å². The first-order valence-corrected chi connectivity index (χ1v) is 16.0. The summed E-state index contributed by atoms with van der Waals surface area (Å²) in [5, 5.41) is 13.7. The van der Waals surface area contributed by atoms with Gasteiger partial charge in [0.05, 0.1) is 10.6 Å². The van der Waals surface area contributed by atoms with Gasteiger partial charge in [0.25, 0.3) is 10.0 Å². The Balaban J connectivity index is 0.987. The van der Waals surface area contributed by atoms with Crippen LogP contribution >= 0.6 is 11.3 Å². The molecule has 1 aliphatic rings. The number of hydrogen-bond acceptors (Lipinski definition) is 8. The van der Waals surface area contributed by atoms with Gasteiger partial charge in [-0.05, 0) is 79.4 Å². The highest BCUT2D eigenvalue weighted by molar-refractivity contribution is 7.91. The predicted octanol–water partition coefficient (Wildman–Crippen LogP) is 4.82. The summed E-state index contributed by atoms with van der Waals surface area (Å²) in [5.74, 6) is 1.78. The van der Waals surface area contributed by atoms with Crippen LogP contribution in [-0.4, -0.2) is 61.7 Å². The predicted molar refractivity (Wildman–Crippen MR) is 161 cm³/mol. The molecule has 1 atom stereocenters. The van der Waals surface area contributed by atoms with Crippen LogP contribution in [0.3, 0.4) is 0 Å². The average Bonchev–Trinajstić information content (AvgIpc) is 3.52. The Morgan fingerprint density at radius 2 is 1.63 bits per heavy atom. The summed E-state index contributed by atoms with van der Waals surface area (Å²) in [7, 11) is -3.52. The van der Waals surface area contributed by atoms with Gasteiger partial charge in [-0.3, -0.25) is 4.98 Å². The van der Waals surface area contributed by atoms with E-state index in [1.807, 2.05) is 78.9 Å².